The Morgan fingerprint density at radius 1 is 1.06 bits per heavy atom. The molecule has 1 atom stereocenters. The fourth-order valence-electron chi connectivity index (χ4n) is 3.27. The molecule has 32 heavy (non-hydrogen) atoms. The number of amides is 2. The van der Waals surface area contributed by atoms with Crippen LogP contribution in [0, 0.1) is 0 Å². The number of carbonyl (C=O) groups is 2. The first-order valence-corrected chi connectivity index (χ1v) is 12.7. The lowest BCUT2D eigenvalue weighted by molar-refractivity contribution is -0.140. The predicted octanol–water partition coefficient (Wildman–Crippen LogP) is 3.70. The summed E-state index contributed by atoms with van der Waals surface area (Å²) in [5, 5.41) is 3.53. The van der Waals surface area contributed by atoms with Gasteiger partial charge in [-0.05, 0) is 43.2 Å². The molecule has 0 aliphatic heterocycles. The number of rotatable bonds is 10. The minimum absolute atomic E-state index is 0.0568. The molecule has 2 rings (SSSR count). The number of benzene rings is 2. The van der Waals surface area contributed by atoms with Gasteiger partial charge in [-0.25, -0.2) is 8.42 Å². The Balaban J connectivity index is 2.45. The standard InChI is InChI=1S/C22H27Cl2N3O4S/c1-4-20(22(29)25-5-2)26(14-16-9-6-7-12-19(16)24)21(28)15-27(32(3,30)31)18-11-8-10-17(23)13-18/h6-13,20H,4-5,14-15H2,1-3H3,(H,25,29)/t20-/m0/s1. The van der Waals surface area contributed by atoms with Crippen molar-refractivity contribution < 1.29 is 18.0 Å². The van der Waals surface area contributed by atoms with Crippen molar-refractivity contribution in [3.8, 4) is 0 Å². The summed E-state index contributed by atoms with van der Waals surface area (Å²) in [4.78, 5) is 27.5. The van der Waals surface area contributed by atoms with Crippen molar-refractivity contribution >= 4 is 50.7 Å². The van der Waals surface area contributed by atoms with Crippen LogP contribution in [0.4, 0.5) is 5.69 Å². The van der Waals surface area contributed by atoms with E-state index in [0.29, 0.717) is 28.6 Å². The van der Waals surface area contributed by atoms with Crippen molar-refractivity contribution in [2.24, 2.45) is 0 Å². The number of hydrogen-bond acceptors (Lipinski definition) is 4. The number of sulfonamides is 1. The second kappa shape index (κ2) is 11.5. The monoisotopic (exact) mass is 499 g/mol. The van der Waals surface area contributed by atoms with Crippen LogP contribution in [0.25, 0.3) is 0 Å². The van der Waals surface area contributed by atoms with Crippen LogP contribution in [0.3, 0.4) is 0 Å². The van der Waals surface area contributed by atoms with Gasteiger partial charge in [0, 0.05) is 23.1 Å². The highest BCUT2D eigenvalue weighted by Gasteiger charge is 2.31. The van der Waals surface area contributed by atoms with Gasteiger partial charge in [0.15, 0.2) is 0 Å². The Morgan fingerprint density at radius 3 is 2.31 bits per heavy atom. The lowest BCUT2D eigenvalue weighted by Crippen LogP contribution is -2.52. The van der Waals surface area contributed by atoms with E-state index in [2.05, 4.69) is 5.32 Å². The van der Waals surface area contributed by atoms with E-state index < -0.39 is 28.5 Å². The number of nitrogens with one attached hydrogen (secondary N) is 1. The number of likely N-dealkylation sites (N-methyl/N-ethyl adjacent to an activating group) is 1. The minimum atomic E-state index is -3.81. The van der Waals surface area contributed by atoms with Crippen molar-refractivity contribution in [1.29, 1.82) is 0 Å². The normalized spacial score (nSPS) is 12.2. The number of carbonyl (C=O) groups excluding carboxylic acids is 2. The molecule has 0 unspecified atom stereocenters. The Bertz CT molecular complexity index is 1060. The van der Waals surface area contributed by atoms with Crippen LogP contribution in [0.5, 0.6) is 0 Å². The summed E-state index contributed by atoms with van der Waals surface area (Å²) in [6, 6.07) is 12.5. The van der Waals surface area contributed by atoms with Crippen molar-refractivity contribution in [2.75, 3.05) is 23.7 Å². The molecule has 1 N–H and O–H groups in total. The van der Waals surface area contributed by atoms with Crippen LogP contribution in [0.2, 0.25) is 10.0 Å². The first-order valence-electron chi connectivity index (χ1n) is 10.1. The topological polar surface area (TPSA) is 86.8 Å². The lowest BCUT2D eigenvalue weighted by atomic mass is 10.1. The molecule has 7 nitrogen and oxygen atoms in total. The third kappa shape index (κ3) is 6.85. The summed E-state index contributed by atoms with van der Waals surface area (Å²) in [6.07, 6.45) is 1.36. The molecule has 10 heteroatoms. The van der Waals surface area contributed by atoms with Crippen molar-refractivity contribution in [3.05, 3.63) is 64.1 Å². The van der Waals surface area contributed by atoms with E-state index in [1.54, 1.807) is 56.3 Å². The molecule has 0 aliphatic carbocycles. The maximum atomic E-state index is 13.4. The molecule has 0 saturated heterocycles. The molecule has 0 saturated carbocycles. The Labute approximate surface area is 199 Å². The number of anilines is 1. The van der Waals surface area contributed by atoms with Gasteiger partial charge in [-0.15, -0.1) is 0 Å². The van der Waals surface area contributed by atoms with Crippen LogP contribution < -0.4 is 9.62 Å². The second-order valence-corrected chi connectivity index (χ2v) is 9.93. The van der Waals surface area contributed by atoms with Crippen LogP contribution in [-0.2, 0) is 26.2 Å². The Morgan fingerprint density at radius 2 is 1.75 bits per heavy atom. The average molecular weight is 500 g/mol. The summed E-state index contributed by atoms with van der Waals surface area (Å²) in [7, 11) is -3.81. The summed E-state index contributed by atoms with van der Waals surface area (Å²) in [5.74, 6) is -0.850. The SMILES string of the molecule is CCNC(=O)[C@H](CC)N(Cc1ccccc1Cl)C(=O)CN(c1cccc(Cl)c1)S(C)(=O)=O. The summed E-state index contributed by atoms with van der Waals surface area (Å²) in [5.41, 5.74) is 0.913. The Hall–Kier alpha value is -2.29. The van der Waals surface area contributed by atoms with E-state index in [0.717, 1.165) is 10.6 Å². The van der Waals surface area contributed by atoms with E-state index >= 15 is 0 Å². The van der Waals surface area contributed by atoms with Gasteiger partial charge >= 0.3 is 0 Å². The number of nitrogens with zero attached hydrogens (tertiary/aromatic N) is 2. The number of hydrogen-bond donors (Lipinski definition) is 1. The maximum Gasteiger partial charge on any atom is 0.244 e. The van der Waals surface area contributed by atoms with E-state index in [-0.39, 0.29) is 18.1 Å². The zero-order chi connectivity index (χ0) is 23.9. The summed E-state index contributed by atoms with van der Waals surface area (Å²) >= 11 is 12.3. The highest BCUT2D eigenvalue weighted by atomic mass is 35.5. The minimum Gasteiger partial charge on any atom is -0.355 e. The molecule has 174 valence electrons. The molecule has 0 aliphatic rings. The van der Waals surface area contributed by atoms with Crippen LogP contribution in [-0.4, -0.2) is 50.5 Å². The van der Waals surface area contributed by atoms with Gasteiger partial charge in [0.2, 0.25) is 21.8 Å². The Kier molecular flexibility index (Phi) is 9.36. The van der Waals surface area contributed by atoms with E-state index in [1.807, 2.05) is 0 Å². The molecule has 2 aromatic carbocycles. The highest BCUT2D eigenvalue weighted by Crippen LogP contribution is 2.24. The van der Waals surface area contributed by atoms with Crippen LogP contribution >= 0.6 is 23.2 Å². The molecule has 0 heterocycles. The quantitative estimate of drug-likeness (QED) is 0.539. The third-order valence-electron chi connectivity index (χ3n) is 4.81. The second-order valence-electron chi connectivity index (χ2n) is 7.18. The van der Waals surface area contributed by atoms with Gasteiger partial charge in [0.1, 0.15) is 12.6 Å². The molecule has 0 aromatic heterocycles. The predicted molar refractivity (Wildman–Crippen MR) is 128 cm³/mol. The highest BCUT2D eigenvalue weighted by molar-refractivity contribution is 7.92. The molecule has 2 aromatic rings. The smallest absolute Gasteiger partial charge is 0.244 e. The number of halogens is 2. The maximum absolute atomic E-state index is 13.4. The zero-order valence-electron chi connectivity index (χ0n) is 18.2. The first kappa shape index (κ1) is 26.0. The van der Waals surface area contributed by atoms with Crippen molar-refractivity contribution in [2.45, 2.75) is 32.9 Å². The van der Waals surface area contributed by atoms with Gasteiger partial charge in [0.05, 0.1) is 11.9 Å². The summed E-state index contributed by atoms with van der Waals surface area (Å²) < 4.78 is 26.0. The van der Waals surface area contributed by atoms with Gasteiger partial charge in [-0.2, -0.15) is 0 Å². The molecule has 2 amide bonds. The average Bonchev–Trinajstić information content (AvgIpc) is 2.72. The zero-order valence-corrected chi connectivity index (χ0v) is 20.5. The van der Waals surface area contributed by atoms with Crippen LogP contribution in [0.1, 0.15) is 25.8 Å². The van der Waals surface area contributed by atoms with Gasteiger partial charge in [0.25, 0.3) is 0 Å². The van der Waals surface area contributed by atoms with Gasteiger partial charge in [-0.1, -0.05) is 54.4 Å². The molecular formula is C22H27Cl2N3O4S. The first-order chi connectivity index (χ1) is 15.1. The van der Waals surface area contributed by atoms with E-state index in [1.165, 1.54) is 11.0 Å². The third-order valence-corrected chi connectivity index (χ3v) is 6.56. The molecule has 0 bridgehead atoms. The molecule has 0 fully saturated rings. The van der Waals surface area contributed by atoms with Crippen molar-refractivity contribution in [1.82, 2.24) is 10.2 Å². The molecule has 0 spiro atoms. The van der Waals surface area contributed by atoms with E-state index in [9.17, 15) is 18.0 Å². The van der Waals surface area contributed by atoms with E-state index in [4.69, 9.17) is 23.2 Å². The van der Waals surface area contributed by atoms with Gasteiger partial charge < -0.3 is 10.2 Å². The summed E-state index contributed by atoms with van der Waals surface area (Å²) in [6.45, 7) is 3.55. The van der Waals surface area contributed by atoms with Crippen LogP contribution in [0.15, 0.2) is 48.5 Å². The molecule has 0 radical (unpaired) electrons. The van der Waals surface area contributed by atoms with Crippen molar-refractivity contribution in [3.63, 3.8) is 0 Å². The molecular weight excluding hydrogens is 473 g/mol. The fourth-order valence-corrected chi connectivity index (χ4v) is 4.49. The fraction of sp³-hybridized carbons (Fsp3) is 0.364. The largest absolute Gasteiger partial charge is 0.355 e. The van der Waals surface area contributed by atoms with Gasteiger partial charge in [-0.3, -0.25) is 13.9 Å². The lowest BCUT2D eigenvalue weighted by Gasteiger charge is -2.33.